The van der Waals surface area contributed by atoms with Crippen LogP contribution < -0.4 is 4.90 Å². The highest BCUT2D eigenvalue weighted by Crippen LogP contribution is 2.43. The lowest BCUT2D eigenvalue weighted by molar-refractivity contribution is 0.329. The molecular weight excluding hydrogens is 364 g/mol. The van der Waals surface area contributed by atoms with Crippen LogP contribution in [0, 0.1) is 5.92 Å². The van der Waals surface area contributed by atoms with Crippen molar-refractivity contribution in [3.63, 3.8) is 0 Å². The summed E-state index contributed by atoms with van der Waals surface area (Å²) in [7, 11) is 0. The molecule has 1 aromatic carbocycles. The van der Waals surface area contributed by atoms with E-state index in [9.17, 15) is 0 Å². The van der Waals surface area contributed by atoms with Crippen LogP contribution in [0.25, 0.3) is 0 Å². The van der Waals surface area contributed by atoms with Crippen molar-refractivity contribution < 1.29 is 0 Å². The SMILES string of the molecule is CCCCCC(C)C1CN(S)Cc2cc(C3CC3)ccc2N1Cc1cnc[nH]1. The molecule has 0 radical (unpaired) electrons. The summed E-state index contributed by atoms with van der Waals surface area (Å²) >= 11 is 4.86. The van der Waals surface area contributed by atoms with Gasteiger partial charge in [0, 0.05) is 31.0 Å². The molecule has 0 spiro atoms. The second kappa shape index (κ2) is 8.91. The van der Waals surface area contributed by atoms with Gasteiger partial charge in [-0.1, -0.05) is 58.1 Å². The van der Waals surface area contributed by atoms with Gasteiger partial charge in [-0.3, -0.25) is 0 Å². The molecule has 1 aromatic heterocycles. The molecule has 1 aliphatic carbocycles. The minimum atomic E-state index is 0.450. The zero-order chi connectivity index (χ0) is 19.5. The maximum absolute atomic E-state index is 4.86. The number of thiol groups is 1. The number of aromatic nitrogens is 2. The third-order valence-electron chi connectivity index (χ3n) is 6.43. The van der Waals surface area contributed by atoms with Crippen molar-refractivity contribution in [2.75, 3.05) is 11.4 Å². The molecule has 2 aliphatic rings. The monoisotopic (exact) mass is 398 g/mol. The Bertz CT molecular complexity index is 756. The highest BCUT2D eigenvalue weighted by molar-refractivity contribution is 7.77. The van der Waals surface area contributed by atoms with Gasteiger partial charge < -0.3 is 9.88 Å². The fourth-order valence-corrected chi connectivity index (χ4v) is 4.91. The van der Waals surface area contributed by atoms with Gasteiger partial charge in [-0.15, -0.1) is 0 Å². The average molecular weight is 399 g/mol. The van der Waals surface area contributed by atoms with E-state index in [0.717, 1.165) is 25.6 Å². The summed E-state index contributed by atoms with van der Waals surface area (Å²) in [5, 5.41) is 0. The van der Waals surface area contributed by atoms with Gasteiger partial charge in [0.25, 0.3) is 0 Å². The van der Waals surface area contributed by atoms with E-state index in [2.05, 4.69) is 51.2 Å². The fourth-order valence-electron chi connectivity index (χ4n) is 4.59. The van der Waals surface area contributed by atoms with Crippen LogP contribution in [-0.2, 0) is 13.1 Å². The van der Waals surface area contributed by atoms with Gasteiger partial charge >= 0.3 is 0 Å². The van der Waals surface area contributed by atoms with Crippen molar-refractivity contribution >= 4 is 18.5 Å². The van der Waals surface area contributed by atoms with E-state index in [1.807, 2.05) is 6.20 Å². The Kier molecular flexibility index (Phi) is 6.32. The first-order chi connectivity index (χ1) is 13.7. The number of aromatic amines is 1. The average Bonchev–Trinajstić information content (AvgIpc) is 3.43. The Morgan fingerprint density at radius 3 is 2.86 bits per heavy atom. The van der Waals surface area contributed by atoms with Gasteiger partial charge in [-0.2, -0.15) is 0 Å². The second-order valence-corrected chi connectivity index (χ2v) is 9.32. The topological polar surface area (TPSA) is 35.2 Å². The number of hydrogen-bond acceptors (Lipinski definition) is 4. The van der Waals surface area contributed by atoms with Gasteiger partial charge in [-0.05, 0) is 48.3 Å². The first kappa shape index (κ1) is 19.8. The molecule has 0 saturated heterocycles. The maximum Gasteiger partial charge on any atom is 0.0922 e. The van der Waals surface area contributed by atoms with Crippen LogP contribution >= 0.6 is 12.8 Å². The van der Waals surface area contributed by atoms with E-state index in [1.54, 1.807) is 6.33 Å². The summed E-state index contributed by atoms with van der Waals surface area (Å²) in [5.41, 5.74) is 5.48. The first-order valence-corrected chi connectivity index (χ1v) is 11.4. The molecule has 4 nitrogen and oxygen atoms in total. The molecule has 0 bridgehead atoms. The first-order valence-electron chi connectivity index (χ1n) is 11.0. The summed E-state index contributed by atoms with van der Waals surface area (Å²) in [6, 6.07) is 7.63. The standard InChI is InChI=1S/C23H34N4S/c1-3-4-5-6-17(2)23-15-26(28)13-20-11-19(18-7-8-18)9-10-22(20)27(23)14-21-12-24-16-25-21/h9-12,16-18,23,28H,3-8,13-15H2,1-2H3,(H,24,25). The van der Waals surface area contributed by atoms with Gasteiger partial charge in [0.1, 0.15) is 0 Å². The molecule has 28 heavy (non-hydrogen) atoms. The second-order valence-electron chi connectivity index (χ2n) is 8.75. The number of nitrogens with zero attached hydrogens (tertiary/aromatic N) is 3. The van der Waals surface area contributed by atoms with Crippen LogP contribution in [0.4, 0.5) is 5.69 Å². The van der Waals surface area contributed by atoms with E-state index < -0.39 is 0 Å². The Hall–Kier alpha value is -1.46. The normalized spacial score (nSPS) is 21.4. The number of nitrogens with one attached hydrogen (secondary N) is 1. The summed E-state index contributed by atoms with van der Waals surface area (Å²) in [6.07, 6.45) is 11.6. The van der Waals surface area contributed by atoms with Gasteiger partial charge in [0.15, 0.2) is 0 Å². The van der Waals surface area contributed by atoms with Crippen LogP contribution in [0.5, 0.6) is 0 Å². The van der Waals surface area contributed by atoms with E-state index in [4.69, 9.17) is 12.8 Å². The number of rotatable bonds is 8. The third-order valence-corrected chi connectivity index (χ3v) is 6.73. The van der Waals surface area contributed by atoms with Crippen molar-refractivity contribution in [2.24, 2.45) is 5.92 Å². The molecule has 1 N–H and O–H groups in total. The Balaban J connectivity index is 1.65. The van der Waals surface area contributed by atoms with Crippen molar-refractivity contribution in [1.29, 1.82) is 0 Å². The summed E-state index contributed by atoms with van der Waals surface area (Å²) in [6.45, 7) is 7.48. The molecule has 2 aromatic rings. The van der Waals surface area contributed by atoms with Crippen molar-refractivity contribution in [3.8, 4) is 0 Å². The molecule has 2 atom stereocenters. The number of anilines is 1. The Morgan fingerprint density at radius 1 is 1.29 bits per heavy atom. The van der Waals surface area contributed by atoms with Crippen molar-refractivity contribution in [1.82, 2.24) is 14.3 Å². The van der Waals surface area contributed by atoms with E-state index in [-0.39, 0.29) is 0 Å². The lowest BCUT2D eigenvalue weighted by Crippen LogP contribution is -2.44. The number of fused-ring (bicyclic) bond motifs is 1. The Morgan fingerprint density at radius 2 is 2.14 bits per heavy atom. The van der Waals surface area contributed by atoms with Crippen LogP contribution in [-0.4, -0.2) is 26.9 Å². The quantitative estimate of drug-likeness (QED) is 0.453. The molecule has 152 valence electrons. The van der Waals surface area contributed by atoms with Crippen LogP contribution in [0.2, 0.25) is 0 Å². The third kappa shape index (κ3) is 4.57. The lowest BCUT2D eigenvalue weighted by Gasteiger charge is -2.37. The van der Waals surface area contributed by atoms with Gasteiger partial charge in [-0.25, -0.2) is 9.29 Å². The van der Waals surface area contributed by atoms with Crippen molar-refractivity contribution in [2.45, 2.75) is 77.4 Å². The number of benzene rings is 1. The minimum Gasteiger partial charge on any atom is -0.361 e. The fraction of sp³-hybridized carbons (Fsp3) is 0.609. The number of imidazole rings is 1. The van der Waals surface area contributed by atoms with Crippen LogP contribution in [0.15, 0.2) is 30.7 Å². The van der Waals surface area contributed by atoms with E-state index in [0.29, 0.717) is 12.0 Å². The summed E-state index contributed by atoms with van der Waals surface area (Å²) in [4.78, 5) is 10.2. The van der Waals surface area contributed by atoms with Crippen molar-refractivity contribution in [3.05, 3.63) is 47.5 Å². The molecule has 2 unspecified atom stereocenters. The summed E-state index contributed by atoms with van der Waals surface area (Å²) < 4.78 is 2.23. The lowest BCUT2D eigenvalue weighted by atomic mass is 9.93. The van der Waals surface area contributed by atoms with E-state index >= 15 is 0 Å². The minimum absolute atomic E-state index is 0.450. The predicted molar refractivity (Wildman–Crippen MR) is 120 cm³/mol. The van der Waals surface area contributed by atoms with E-state index in [1.165, 1.54) is 61.0 Å². The molecule has 1 fully saturated rings. The number of unbranched alkanes of at least 4 members (excludes halogenated alkanes) is 2. The van der Waals surface area contributed by atoms with Gasteiger partial charge in [0.2, 0.25) is 0 Å². The number of H-pyrrole nitrogens is 1. The highest BCUT2D eigenvalue weighted by atomic mass is 32.1. The molecule has 5 heteroatoms. The Labute approximate surface area is 175 Å². The zero-order valence-electron chi connectivity index (χ0n) is 17.3. The predicted octanol–water partition coefficient (Wildman–Crippen LogP) is 5.54. The van der Waals surface area contributed by atoms with Crippen LogP contribution in [0.3, 0.4) is 0 Å². The molecule has 4 rings (SSSR count). The largest absolute Gasteiger partial charge is 0.361 e. The van der Waals surface area contributed by atoms with Crippen LogP contribution in [0.1, 0.15) is 75.1 Å². The zero-order valence-corrected chi connectivity index (χ0v) is 18.2. The highest BCUT2D eigenvalue weighted by Gasteiger charge is 2.32. The number of hydrogen-bond donors (Lipinski definition) is 2. The molecular formula is C23H34N4S. The molecule has 1 aliphatic heterocycles. The molecule has 0 amide bonds. The maximum atomic E-state index is 4.86. The van der Waals surface area contributed by atoms with Gasteiger partial charge in [0.05, 0.1) is 18.6 Å². The smallest absolute Gasteiger partial charge is 0.0922 e. The molecule has 1 saturated carbocycles. The molecule has 2 heterocycles. The summed E-state index contributed by atoms with van der Waals surface area (Å²) in [5.74, 6) is 1.41.